The highest BCUT2D eigenvalue weighted by Crippen LogP contribution is 2.75. The van der Waals surface area contributed by atoms with Gasteiger partial charge in [0.2, 0.25) is 0 Å². The van der Waals surface area contributed by atoms with Gasteiger partial charge in [0.15, 0.2) is 5.78 Å². The van der Waals surface area contributed by atoms with Gasteiger partial charge in [0.25, 0.3) is 0 Å². The second kappa shape index (κ2) is 5.19. The predicted octanol–water partition coefficient (Wildman–Crippen LogP) is 3.31. The smallest absolute Gasteiger partial charge is 0.155 e. The Bertz CT molecular complexity index is 642. The van der Waals surface area contributed by atoms with E-state index in [1.807, 2.05) is 6.08 Å². The van der Waals surface area contributed by atoms with Gasteiger partial charge in [0, 0.05) is 24.5 Å². The minimum atomic E-state index is 0.0284. The Balaban J connectivity index is 1.53. The normalized spacial score (nSPS) is 56.4. The molecule has 0 spiro atoms. The van der Waals surface area contributed by atoms with Crippen LogP contribution in [-0.2, 0) is 4.79 Å². The Hall–Kier alpha value is -0.670. The van der Waals surface area contributed by atoms with E-state index in [2.05, 4.69) is 13.8 Å². The number of carbonyl (C=O) groups is 1. The number of hydrogen-bond acceptors (Lipinski definition) is 3. The Kier molecular flexibility index (Phi) is 3.43. The lowest BCUT2D eigenvalue weighted by molar-refractivity contribution is -0.116. The van der Waals surface area contributed by atoms with Gasteiger partial charge in [-0.05, 0) is 85.5 Å². The van der Waals surface area contributed by atoms with Crippen LogP contribution in [0, 0.1) is 46.8 Å². The van der Waals surface area contributed by atoms with E-state index in [1.54, 1.807) is 0 Å². The van der Waals surface area contributed by atoms with Gasteiger partial charge in [-0.15, -0.1) is 0 Å². The first kappa shape index (κ1) is 16.5. The van der Waals surface area contributed by atoms with Crippen LogP contribution >= 0.6 is 0 Å². The molecule has 0 saturated heterocycles. The summed E-state index contributed by atoms with van der Waals surface area (Å²) in [6, 6.07) is 0. The molecule has 9 atom stereocenters. The van der Waals surface area contributed by atoms with Crippen molar-refractivity contribution in [3.05, 3.63) is 11.6 Å². The van der Waals surface area contributed by atoms with Gasteiger partial charge in [0.05, 0.1) is 0 Å². The molecule has 0 aliphatic heterocycles. The van der Waals surface area contributed by atoms with Crippen molar-refractivity contribution in [3.63, 3.8) is 0 Å². The molecule has 3 heteroatoms. The number of hydrogen-bond donors (Lipinski definition) is 2. The summed E-state index contributed by atoms with van der Waals surface area (Å²) in [6.45, 7) is 4.99. The Morgan fingerprint density at radius 2 is 2.04 bits per heavy atom. The van der Waals surface area contributed by atoms with Gasteiger partial charge in [-0.3, -0.25) is 4.79 Å². The highest BCUT2D eigenvalue weighted by molar-refractivity contribution is 5.91. The molecule has 0 radical (unpaired) electrons. The number of rotatable bonds is 2. The summed E-state index contributed by atoms with van der Waals surface area (Å²) in [5, 5.41) is 10.1. The van der Waals surface area contributed by atoms with Crippen molar-refractivity contribution in [3.8, 4) is 0 Å². The van der Waals surface area contributed by atoms with Crippen LogP contribution in [0.4, 0.5) is 0 Å². The summed E-state index contributed by atoms with van der Waals surface area (Å²) in [7, 11) is 0. The lowest BCUT2D eigenvalue weighted by Crippen LogP contribution is -2.60. The zero-order chi connectivity index (χ0) is 17.6. The van der Waals surface area contributed by atoms with Crippen LogP contribution in [0.1, 0.15) is 58.8 Å². The second-order valence-corrected chi connectivity index (χ2v) is 10.1. The molecule has 5 rings (SSSR count). The zero-order valence-electron chi connectivity index (χ0n) is 15.7. The molecule has 4 saturated carbocycles. The molecule has 5 aliphatic rings. The number of carbonyl (C=O) groups excluding carboxylic acids is 1. The molecule has 0 aromatic rings. The lowest BCUT2D eigenvalue weighted by atomic mass is 9.47. The summed E-state index contributed by atoms with van der Waals surface area (Å²) in [5.41, 5.74) is 8.67. The van der Waals surface area contributed by atoms with E-state index in [4.69, 9.17) is 5.73 Å². The highest BCUT2D eigenvalue weighted by atomic mass is 16.3. The number of aliphatic hydroxyl groups excluding tert-OH is 1. The molecule has 0 aromatic carbocycles. The van der Waals surface area contributed by atoms with Gasteiger partial charge >= 0.3 is 0 Å². The Labute approximate surface area is 151 Å². The molecule has 3 nitrogen and oxygen atoms in total. The van der Waals surface area contributed by atoms with Crippen molar-refractivity contribution in [1.29, 1.82) is 0 Å². The van der Waals surface area contributed by atoms with Crippen LogP contribution in [0.3, 0.4) is 0 Å². The standard InChI is InChI=1S/C22H33NO2/c1-3-22(23)19-10-18(19)20-17-8-12(11-24)16-9-13(25)4-5-14(16)15(17)6-7-21(20,22)2/h9,12,14-15,17-20,24H,3-8,10-11,23H2,1-2H3/t12-,14+,15+,17+,18+,19-,20+,21-,22-/m0/s1. The Morgan fingerprint density at radius 3 is 2.76 bits per heavy atom. The molecule has 0 amide bonds. The van der Waals surface area contributed by atoms with E-state index in [0.29, 0.717) is 18.3 Å². The number of aliphatic hydroxyl groups is 1. The molecule has 0 bridgehead atoms. The molecule has 0 aromatic heterocycles. The SMILES string of the molecule is CC[C@]1(N)[C@H]2C[C@H]2[C@H]2[C@@H]3C[C@@H](CO)C4=CC(=O)CC[C@@H]4[C@H]3CC[C@@]21C. The van der Waals surface area contributed by atoms with Gasteiger partial charge in [-0.1, -0.05) is 19.4 Å². The first-order chi connectivity index (χ1) is 11.9. The van der Waals surface area contributed by atoms with Crippen molar-refractivity contribution >= 4 is 5.78 Å². The third kappa shape index (κ3) is 1.92. The topological polar surface area (TPSA) is 63.3 Å². The maximum Gasteiger partial charge on any atom is 0.155 e. The molecule has 25 heavy (non-hydrogen) atoms. The van der Waals surface area contributed by atoms with Crippen LogP contribution in [0.5, 0.6) is 0 Å². The fraction of sp³-hybridized carbons (Fsp3) is 0.864. The largest absolute Gasteiger partial charge is 0.396 e. The van der Waals surface area contributed by atoms with E-state index >= 15 is 0 Å². The fourth-order valence-electron chi connectivity index (χ4n) is 8.39. The molecule has 3 N–H and O–H groups in total. The van der Waals surface area contributed by atoms with Crippen LogP contribution in [0.2, 0.25) is 0 Å². The molecular formula is C22H33NO2. The van der Waals surface area contributed by atoms with E-state index < -0.39 is 0 Å². The minimum absolute atomic E-state index is 0.0284. The number of fused-ring (bicyclic) bond motifs is 7. The predicted molar refractivity (Wildman–Crippen MR) is 97.6 cm³/mol. The zero-order valence-corrected chi connectivity index (χ0v) is 15.7. The maximum absolute atomic E-state index is 12.0. The van der Waals surface area contributed by atoms with Crippen molar-refractivity contribution < 1.29 is 9.90 Å². The molecule has 4 fully saturated rings. The summed E-state index contributed by atoms with van der Waals surface area (Å²) in [6.07, 6.45) is 9.68. The van der Waals surface area contributed by atoms with Crippen LogP contribution in [-0.4, -0.2) is 23.0 Å². The highest BCUT2D eigenvalue weighted by Gasteiger charge is 2.74. The number of nitrogens with two attached hydrogens (primary N) is 1. The van der Waals surface area contributed by atoms with Gasteiger partial charge < -0.3 is 10.8 Å². The monoisotopic (exact) mass is 343 g/mol. The molecule has 0 heterocycles. The lowest BCUT2D eigenvalue weighted by Gasteiger charge is -2.59. The van der Waals surface area contributed by atoms with E-state index in [9.17, 15) is 9.90 Å². The average molecular weight is 344 g/mol. The quantitative estimate of drug-likeness (QED) is 0.808. The van der Waals surface area contributed by atoms with E-state index in [-0.39, 0.29) is 29.3 Å². The van der Waals surface area contributed by atoms with E-state index in [1.165, 1.54) is 24.8 Å². The second-order valence-electron chi connectivity index (χ2n) is 10.1. The van der Waals surface area contributed by atoms with Crippen molar-refractivity contribution in [1.82, 2.24) is 0 Å². The van der Waals surface area contributed by atoms with Gasteiger partial charge in [0.1, 0.15) is 0 Å². The maximum atomic E-state index is 12.0. The third-order valence-electron chi connectivity index (χ3n) is 9.58. The average Bonchev–Trinajstić information content (AvgIpc) is 3.36. The van der Waals surface area contributed by atoms with Crippen molar-refractivity contribution in [2.75, 3.05) is 6.61 Å². The molecule has 138 valence electrons. The van der Waals surface area contributed by atoms with Crippen LogP contribution in [0.15, 0.2) is 11.6 Å². The summed E-state index contributed by atoms with van der Waals surface area (Å²) >= 11 is 0. The summed E-state index contributed by atoms with van der Waals surface area (Å²) in [4.78, 5) is 12.0. The molecule has 0 unspecified atom stereocenters. The van der Waals surface area contributed by atoms with Crippen molar-refractivity contribution in [2.24, 2.45) is 52.6 Å². The van der Waals surface area contributed by atoms with Crippen molar-refractivity contribution in [2.45, 2.75) is 64.3 Å². The van der Waals surface area contributed by atoms with E-state index in [0.717, 1.165) is 42.9 Å². The molecular weight excluding hydrogens is 310 g/mol. The van der Waals surface area contributed by atoms with Crippen LogP contribution in [0.25, 0.3) is 0 Å². The third-order valence-corrected chi connectivity index (χ3v) is 9.58. The number of ketones is 1. The first-order valence-corrected chi connectivity index (χ1v) is 10.6. The Morgan fingerprint density at radius 1 is 1.24 bits per heavy atom. The van der Waals surface area contributed by atoms with Gasteiger partial charge in [-0.2, -0.15) is 0 Å². The molecule has 5 aliphatic carbocycles. The van der Waals surface area contributed by atoms with Gasteiger partial charge in [-0.25, -0.2) is 0 Å². The summed E-state index contributed by atoms with van der Waals surface area (Å²) < 4.78 is 0. The van der Waals surface area contributed by atoms with Crippen LogP contribution < -0.4 is 5.73 Å². The fourth-order valence-corrected chi connectivity index (χ4v) is 8.39. The minimum Gasteiger partial charge on any atom is -0.396 e. The summed E-state index contributed by atoms with van der Waals surface area (Å²) in [5.74, 6) is 4.78. The first-order valence-electron chi connectivity index (χ1n) is 10.6.